The van der Waals surface area contributed by atoms with Gasteiger partial charge in [0.15, 0.2) is 10.7 Å². The van der Waals surface area contributed by atoms with Crippen LogP contribution in [-0.4, -0.2) is 18.7 Å². The molecule has 0 aliphatic rings. The first-order chi connectivity index (χ1) is 12.6. The van der Waals surface area contributed by atoms with Crippen molar-refractivity contribution in [3.05, 3.63) is 59.1 Å². The maximum atomic E-state index is 14.2. The number of nitrogens with two attached hydrogens (primary N) is 1. The number of aliphatic hydroxyl groups excluding tert-OH is 1. The quantitative estimate of drug-likeness (QED) is 0.703. The van der Waals surface area contributed by atoms with Crippen molar-refractivity contribution in [1.82, 2.24) is 5.16 Å². The lowest BCUT2D eigenvalue weighted by molar-refractivity contribution is 0.230. The molecule has 6 nitrogen and oxygen atoms in total. The molecule has 1 heterocycles. The van der Waals surface area contributed by atoms with Crippen LogP contribution in [0.2, 0.25) is 0 Å². The Kier molecular flexibility index (Phi) is 4.81. The van der Waals surface area contributed by atoms with E-state index in [1.807, 2.05) is 0 Å². The Morgan fingerprint density at radius 3 is 2.22 bits per heavy atom. The molecule has 27 heavy (non-hydrogen) atoms. The third-order valence-electron chi connectivity index (χ3n) is 3.91. The average Bonchev–Trinajstić information content (AvgIpc) is 2.99. The monoisotopic (exact) mass is 398 g/mol. The summed E-state index contributed by atoms with van der Waals surface area (Å²) in [6.45, 7) is 0.883. The second-order valence-electron chi connectivity index (χ2n) is 5.77. The van der Waals surface area contributed by atoms with Crippen molar-refractivity contribution in [3.63, 3.8) is 0 Å². The lowest BCUT2D eigenvalue weighted by Crippen LogP contribution is -2.16. The van der Waals surface area contributed by atoms with E-state index in [0.717, 1.165) is 12.1 Å². The summed E-state index contributed by atoms with van der Waals surface area (Å²) in [5, 5.41) is 18.1. The van der Waals surface area contributed by atoms with E-state index in [4.69, 9.17) is 9.66 Å². The summed E-state index contributed by atoms with van der Waals surface area (Å²) in [4.78, 5) is -1.27. The van der Waals surface area contributed by atoms with Gasteiger partial charge < -0.3 is 9.63 Å². The third kappa shape index (κ3) is 3.46. The van der Waals surface area contributed by atoms with Crippen molar-refractivity contribution in [2.24, 2.45) is 5.14 Å². The summed E-state index contributed by atoms with van der Waals surface area (Å²) in [5.74, 6) is -3.37. The van der Waals surface area contributed by atoms with Crippen molar-refractivity contribution in [2.75, 3.05) is 0 Å². The molecule has 0 fully saturated rings. The maximum absolute atomic E-state index is 14.2. The summed E-state index contributed by atoms with van der Waals surface area (Å²) in [7, 11) is -4.62. The molecule has 0 atom stereocenters. The molecule has 0 aliphatic carbocycles. The number of primary sulfonamides is 1. The van der Waals surface area contributed by atoms with Crippen molar-refractivity contribution in [3.8, 4) is 22.4 Å². The van der Waals surface area contributed by atoms with Crippen LogP contribution >= 0.6 is 0 Å². The van der Waals surface area contributed by atoms with E-state index >= 15 is 0 Å². The Bertz CT molecular complexity index is 1120. The normalized spacial score (nSPS) is 11.8. The number of aromatic nitrogens is 1. The zero-order chi connectivity index (χ0) is 19.9. The molecule has 10 heteroatoms. The summed E-state index contributed by atoms with van der Waals surface area (Å²) < 4.78 is 69.7. The molecule has 3 N–H and O–H groups in total. The number of sulfonamides is 1. The fraction of sp³-hybridized carbons (Fsp3) is 0.118. The van der Waals surface area contributed by atoms with Gasteiger partial charge in [-0.2, -0.15) is 0 Å². The lowest BCUT2D eigenvalue weighted by Gasteiger charge is -2.08. The topological polar surface area (TPSA) is 106 Å². The van der Waals surface area contributed by atoms with E-state index in [0.29, 0.717) is 11.1 Å². The molecular weight excluding hydrogens is 385 g/mol. The predicted molar refractivity (Wildman–Crippen MR) is 89.3 cm³/mol. The number of aliphatic hydroxyl groups is 1. The smallest absolute Gasteiger partial charge is 0.243 e. The van der Waals surface area contributed by atoms with Crippen molar-refractivity contribution in [2.45, 2.75) is 18.4 Å². The highest BCUT2D eigenvalue weighted by Gasteiger charge is 2.25. The van der Waals surface area contributed by atoms with Crippen molar-refractivity contribution >= 4 is 10.0 Å². The summed E-state index contributed by atoms with van der Waals surface area (Å²) in [6.07, 6.45) is 0. The number of nitrogens with zero attached hydrogens (tertiary/aromatic N) is 1. The summed E-state index contributed by atoms with van der Waals surface area (Å²) in [5.41, 5.74) is 0.698. The van der Waals surface area contributed by atoms with Crippen LogP contribution in [0, 0.1) is 24.4 Å². The second-order valence-corrected chi connectivity index (χ2v) is 7.26. The number of rotatable bonds is 4. The average molecular weight is 398 g/mol. The predicted octanol–water partition coefficient (Wildman–Crippen LogP) is 2.87. The van der Waals surface area contributed by atoms with Gasteiger partial charge in [0, 0.05) is 5.56 Å². The molecule has 0 aliphatic heterocycles. The Morgan fingerprint density at radius 1 is 1.07 bits per heavy atom. The molecule has 0 spiro atoms. The largest absolute Gasteiger partial charge is 0.388 e. The first-order valence-corrected chi connectivity index (χ1v) is 9.06. The molecule has 142 valence electrons. The van der Waals surface area contributed by atoms with E-state index in [1.165, 1.54) is 25.1 Å². The third-order valence-corrected chi connectivity index (χ3v) is 4.87. The van der Waals surface area contributed by atoms with Gasteiger partial charge >= 0.3 is 0 Å². The van der Waals surface area contributed by atoms with E-state index in [2.05, 4.69) is 5.16 Å². The van der Waals surface area contributed by atoms with Crippen LogP contribution < -0.4 is 5.14 Å². The van der Waals surface area contributed by atoms with Crippen LogP contribution in [0.1, 0.15) is 11.3 Å². The van der Waals surface area contributed by atoms with E-state index in [1.54, 1.807) is 0 Å². The Labute approximate surface area is 152 Å². The minimum Gasteiger partial charge on any atom is -0.388 e. The highest BCUT2D eigenvalue weighted by molar-refractivity contribution is 7.89. The summed E-state index contributed by atoms with van der Waals surface area (Å²) in [6, 6.07) is 5.51. The second kappa shape index (κ2) is 6.80. The molecule has 0 unspecified atom stereocenters. The van der Waals surface area contributed by atoms with Gasteiger partial charge in [0.05, 0.1) is 5.56 Å². The summed E-state index contributed by atoms with van der Waals surface area (Å²) >= 11 is 0. The molecule has 3 aromatic rings. The van der Waals surface area contributed by atoms with Crippen LogP contribution in [0.5, 0.6) is 0 Å². The minimum absolute atomic E-state index is 0.0438. The minimum atomic E-state index is -4.62. The Morgan fingerprint density at radius 2 is 1.70 bits per heavy atom. The highest BCUT2D eigenvalue weighted by atomic mass is 32.2. The molecule has 0 saturated heterocycles. The molecule has 3 rings (SSSR count). The number of hydrogen-bond acceptors (Lipinski definition) is 5. The fourth-order valence-electron chi connectivity index (χ4n) is 2.69. The van der Waals surface area contributed by atoms with Crippen LogP contribution in [0.3, 0.4) is 0 Å². The van der Waals surface area contributed by atoms with Gasteiger partial charge in [0.2, 0.25) is 10.0 Å². The van der Waals surface area contributed by atoms with E-state index < -0.39 is 39.0 Å². The molecule has 0 amide bonds. The molecule has 0 radical (unpaired) electrons. The van der Waals surface area contributed by atoms with Gasteiger partial charge in [-0.25, -0.2) is 26.7 Å². The number of hydrogen-bond donors (Lipinski definition) is 2. The molecular formula is C17H13F3N2O4S. The number of halogens is 3. The van der Waals surface area contributed by atoms with E-state index in [9.17, 15) is 26.7 Å². The van der Waals surface area contributed by atoms with Gasteiger partial charge in [-0.05, 0) is 48.4 Å². The zero-order valence-electron chi connectivity index (χ0n) is 13.8. The van der Waals surface area contributed by atoms with Crippen LogP contribution in [-0.2, 0) is 16.6 Å². The Balaban J connectivity index is 2.26. The van der Waals surface area contributed by atoms with Gasteiger partial charge in [-0.1, -0.05) is 5.16 Å². The van der Waals surface area contributed by atoms with Gasteiger partial charge in [-0.3, -0.25) is 0 Å². The Hall–Kier alpha value is -2.69. The van der Waals surface area contributed by atoms with Crippen LogP contribution in [0.4, 0.5) is 13.2 Å². The fourth-order valence-corrected chi connectivity index (χ4v) is 3.36. The van der Waals surface area contributed by atoms with Crippen LogP contribution in [0.25, 0.3) is 22.4 Å². The standard InChI is InChI=1S/C17H13F3N2O4S/c1-8-4-9(2-3-11(8)18)16-15(14(7-23)26-22-16)10-5-12(19)17(13(20)6-10)27(21,24)25/h2-6,23H,7H2,1H3,(H2,21,24,25). The highest BCUT2D eigenvalue weighted by Crippen LogP contribution is 2.37. The van der Waals surface area contributed by atoms with Gasteiger partial charge in [-0.15, -0.1) is 0 Å². The lowest BCUT2D eigenvalue weighted by atomic mass is 9.98. The number of benzene rings is 2. The van der Waals surface area contributed by atoms with Crippen molar-refractivity contribution in [1.29, 1.82) is 0 Å². The zero-order valence-corrected chi connectivity index (χ0v) is 14.6. The van der Waals surface area contributed by atoms with Gasteiger partial charge in [0.25, 0.3) is 0 Å². The first-order valence-electron chi connectivity index (χ1n) is 7.51. The number of aryl methyl sites for hydroxylation is 1. The van der Waals surface area contributed by atoms with Gasteiger partial charge in [0.1, 0.15) is 29.8 Å². The molecule has 2 aromatic carbocycles. The van der Waals surface area contributed by atoms with Crippen LogP contribution in [0.15, 0.2) is 39.8 Å². The maximum Gasteiger partial charge on any atom is 0.243 e. The van der Waals surface area contributed by atoms with Crippen molar-refractivity contribution < 1.29 is 31.2 Å². The van der Waals surface area contributed by atoms with E-state index in [-0.39, 0.29) is 22.6 Å². The molecule has 0 bridgehead atoms. The molecule has 1 aromatic heterocycles. The molecule has 0 saturated carbocycles. The SMILES string of the molecule is Cc1cc(-c2noc(CO)c2-c2cc(F)c(S(N)(=O)=O)c(F)c2)ccc1F. The first kappa shape index (κ1) is 19.1.